The average Bonchev–Trinajstić information content (AvgIpc) is 2.77. The lowest BCUT2D eigenvalue weighted by Gasteiger charge is -2.10. The highest BCUT2D eigenvalue weighted by molar-refractivity contribution is 6.08. The van der Waals surface area contributed by atoms with E-state index in [0.717, 1.165) is 10.8 Å². The Bertz CT molecular complexity index is 737. The molecule has 2 aromatic carbocycles. The van der Waals surface area contributed by atoms with Crippen LogP contribution in [0.5, 0.6) is 0 Å². The fourth-order valence-corrected chi connectivity index (χ4v) is 2.32. The Kier molecular flexibility index (Phi) is 3.27. The number of amides is 4. The maximum absolute atomic E-state index is 12.0. The van der Waals surface area contributed by atoms with Crippen LogP contribution in [0.1, 0.15) is 6.42 Å². The van der Waals surface area contributed by atoms with Crippen molar-refractivity contribution in [3.8, 4) is 0 Å². The largest absolute Gasteiger partial charge is 0.325 e. The van der Waals surface area contributed by atoms with Crippen LogP contribution in [0, 0.1) is 0 Å². The van der Waals surface area contributed by atoms with Crippen LogP contribution in [-0.2, 0) is 9.59 Å². The van der Waals surface area contributed by atoms with Gasteiger partial charge in [0.2, 0.25) is 5.91 Å². The number of urea groups is 1. The van der Waals surface area contributed by atoms with Crippen LogP contribution in [-0.4, -0.2) is 23.9 Å². The van der Waals surface area contributed by atoms with Gasteiger partial charge in [0.15, 0.2) is 0 Å². The number of imide groups is 1. The van der Waals surface area contributed by atoms with Crippen molar-refractivity contribution in [2.45, 2.75) is 12.5 Å². The number of hydrogen-bond donors (Lipinski definition) is 3. The Balaban J connectivity index is 1.75. The molecule has 0 saturated carbocycles. The zero-order valence-electron chi connectivity index (χ0n) is 11.1. The van der Waals surface area contributed by atoms with Gasteiger partial charge in [-0.15, -0.1) is 0 Å². The number of carbonyl (C=O) groups excluding carboxylic acids is 3. The Hall–Kier alpha value is -2.89. The number of benzene rings is 2. The number of nitrogens with one attached hydrogen (secondary N) is 3. The number of carbonyl (C=O) groups is 3. The first kappa shape index (κ1) is 13.1. The summed E-state index contributed by atoms with van der Waals surface area (Å²) in [6.07, 6.45) is -0.0964. The molecule has 0 aliphatic carbocycles. The summed E-state index contributed by atoms with van der Waals surface area (Å²) >= 11 is 0. The lowest BCUT2D eigenvalue weighted by Crippen LogP contribution is -2.33. The van der Waals surface area contributed by atoms with E-state index in [1.807, 2.05) is 36.4 Å². The summed E-state index contributed by atoms with van der Waals surface area (Å²) < 4.78 is 0. The third-order valence-corrected chi connectivity index (χ3v) is 3.31. The summed E-state index contributed by atoms with van der Waals surface area (Å²) in [6.45, 7) is 0. The highest BCUT2D eigenvalue weighted by Crippen LogP contribution is 2.23. The summed E-state index contributed by atoms with van der Waals surface area (Å²) in [5.74, 6) is -0.804. The van der Waals surface area contributed by atoms with Crippen molar-refractivity contribution in [2.75, 3.05) is 5.32 Å². The van der Waals surface area contributed by atoms with E-state index in [1.165, 1.54) is 0 Å². The second-order valence-corrected chi connectivity index (χ2v) is 4.79. The van der Waals surface area contributed by atoms with Crippen LogP contribution in [0.4, 0.5) is 10.5 Å². The van der Waals surface area contributed by atoms with Gasteiger partial charge in [0.05, 0.1) is 6.42 Å². The fraction of sp³-hybridized carbons (Fsp3) is 0.133. The predicted molar refractivity (Wildman–Crippen MR) is 77.7 cm³/mol. The van der Waals surface area contributed by atoms with Gasteiger partial charge in [-0.1, -0.05) is 36.4 Å². The van der Waals surface area contributed by atoms with Gasteiger partial charge in [-0.2, -0.15) is 0 Å². The second kappa shape index (κ2) is 5.24. The van der Waals surface area contributed by atoms with Crippen LogP contribution in [0.3, 0.4) is 0 Å². The molecule has 3 N–H and O–H groups in total. The van der Waals surface area contributed by atoms with Crippen LogP contribution in [0.25, 0.3) is 10.8 Å². The zero-order valence-corrected chi connectivity index (χ0v) is 11.1. The molecule has 1 aliphatic rings. The van der Waals surface area contributed by atoms with Crippen molar-refractivity contribution in [1.82, 2.24) is 10.6 Å². The predicted octanol–water partition coefficient (Wildman–Crippen LogP) is 1.38. The monoisotopic (exact) mass is 283 g/mol. The van der Waals surface area contributed by atoms with E-state index >= 15 is 0 Å². The number of fused-ring (bicyclic) bond motifs is 1. The van der Waals surface area contributed by atoms with E-state index < -0.39 is 18.0 Å². The van der Waals surface area contributed by atoms with E-state index in [0.29, 0.717) is 5.69 Å². The van der Waals surface area contributed by atoms with E-state index in [-0.39, 0.29) is 12.3 Å². The standard InChI is InChI=1S/C15H13N3O3/c19-13(8-12-14(20)18-15(21)17-12)16-11-7-3-5-9-4-1-2-6-10(9)11/h1-7,12H,8H2,(H,16,19)(H2,17,18,20,21)/t12-/m0/s1. The number of rotatable bonds is 3. The fourth-order valence-electron chi connectivity index (χ4n) is 2.32. The SMILES string of the molecule is O=C(C[C@@H]1NC(=O)NC1=O)Nc1cccc2ccccc12. The number of hydrogen-bond acceptors (Lipinski definition) is 3. The van der Waals surface area contributed by atoms with Crippen LogP contribution in [0.15, 0.2) is 42.5 Å². The van der Waals surface area contributed by atoms with Gasteiger partial charge >= 0.3 is 6.03 Å². The van der Waals surface area contributed by atoms with Gasteiger partial charge in [-0.05, 0) is 11.5 Å². The molecule has 0 aromatic heterocycles. The quantitative estimate of drug-likeness (QED) is 0.744. The van der Waals surface area contributed by atoms with Crippen molar-refractivity contribution in [3.63, 3.8) is 0 Å². The molecule has 1 saturated heterocycles. The molecule has 1 fully saturated rings. The first-order valence-corrected chi connectivity index (χ1v) is 6.52. The van der Waals surface area contributed by atoms with Gasteiger partial charge in [-0.3, -0.25) is 14.9 Å². The average molecular weight is 283 g/mol. The molecule has 1 heterocycles. The minimum Gasteiger partial charge on any atom is -0.325 e. The van der Waals surface area contributed by atoms with Crippen LogP contribution in [0.2, 0.25) is 0 Å². The van der Waals surface area contributed by atoms with E-state index in [9.17, 15) is 14.4 Å². The Morgan fingerprint density at radius 3 is 2.62 bits per heavy atom. The molecule has 0 spiro atoms. The Labute approximate surface area is 120 Å². The topological polar surface area (TPSA) is 87.3 Å². The van der Waals surface area contributed by atoms with Crippen LogP contribution >= 0.6 is 0 Å². The third-order valence-electron chi connectivity index (χ3n) is 3.31. The van der Waals surface area contributed by atoms with Crippen molar-refractivity contribution < 1.29 is 14.4 Å². The minimum atomic E-state index is -0.813. The first-order chi connectivity index (χ1) is 10.1. The van der Waals surface area contributed by atoms with E-state index in [1.54, 1.807) is 6.07 Å². The van der Waals surface area contributed by atoms with Gasteiger partial charge in [0.1, 0.15) is 6.04 Å². The van der Waals surface area contributed by atoms with Crippen molar-refractivity contribution in [1.29, 1.82) is 0 Å². The zero-order chi connectivity index (χ0) is 14.8. The molecular weight excluding hydrogens is 270 g/mol. The molecule has 21 heavy (non-hydrogen) atoms. The summed E-state index contributed by atoms with van der Waals surface area (Å²) in [5, 5.41) is 9.21. The van der Waals surface area contributed by atoms with Gasteiger partial charge in [0.25, 0.3) is 5.91 Å². The maximum Gasteiger partial charge on any atom is 0.322 e. The maximum atomic E-state index is 12.0. The molecule has 1 aliphatic heterocycles. The lowest BCUT2D eigenvalue weighted by atomic mass is 10.1. The first-order valence-electron chi connectivity index (χ1n) is 6.52. The smallest absolute Gasteiger partial charge is 0.322 e. The Morgan fingerprint density at radius 1 is 1.10 bits per heavy atom. The lowest BCUT2D eigenvalue weighted by molar-refractivity contribution is -0.124. The highest BCUT2D eigenvalue weighted by Gasteiger charge is 2.31. The second-order valence-electron chi connectivity index (χ2n) is 4.79. The molecular formula is C15H13N3O3. The van der Waals surface area contributed by atoms with Crippen molar-refractivity contribution in [2.24, 2.45) is 0 Å². The molecule has 2 aromatic rings. The number of anilines is 1. The molecule has 0 unspecified atom stereocenters. The van der Waals surface area contributed by atoms with Gasteiger partial charge < -0.3 is 10.6 Å². The normalized spacial score (nSPS) is 17.4. The molecule has 4 amide bonds. The van der Waals surface area contributed by atoms with Crippen LogP contribution < -0.4 is 16.0 Å². The summed E-state index contributed by atoms with van der Waals surface area (Å²) in [4.78, 5) is 34.4. The molecule has 0 radical (unpaired) electrons. The molecule has 0 bridgehead atoms. The van der Waals surface area contributed by atoms with Gasteiger partial charge in [0, 0.05) is 11.1 Å². The van der Waals surface area contributed by atoms with E-state index in [2.05, 4.69) is 16.0 Å². The molecule has 6 nitrogen and oxygen atoms in total. The minimum absolute atomic E-state index is 0.0964. The van der Waals surface area contributed by atoms with Gasteiger partial charge in [-0.25, -0.2) is 4.79 Å². The molecule has 6 heteroatoms. The summed E-state index contributed by atoms with van der Waals surface area (Å²) in [7, 11) is 0. The van der Waals surface area contributed by atoms with Crippen molar-refractivity contribution >= 4 is 34.3 Å². The Morgan fingerprint density at radius 2 is 1.86 bits per heavy atom. The molecule has 106 valence electrons. The van der Waals surface area contributed by atoms with E-state index in [4.69, 9.17) is 0 Å². The third kappa shape index (κ3) is 2.69. The summed E-state index contributed by atoms with van der Waals surface area (Å²) in [6, 6.07) is 11.9. The van der Waals surface area contributed by atoms with Crippen molar-refractivity contribution in [3.05, 3.63) is 42.5 Å². The molecule has 3 rings (SSSR count). The molecule has 1 atom stereocenters. The highest BCUT2D eigenvalue weighted by atomic mass is 16.2. The summed E-state index contributed by atoms with van der Waals surface area (Å²) in [5.41, 5.74) is 0.683.